The molecule has 1 aliphatic heterocycles. The highest BCUT2D eigenvalue weighted by Gasteiger charge is 2.38. The molecule has 2 aliphatic rings. The summed E-state index contributed by atoms with van der Waals surface area (Å²) in [5, 5.41) is 1.38. The first-order valence-corrected chi connectivity index (χ1v) is 9.33. The van der Waals surface area contributed by atoms with Gasteiger partial charge in [0.1, 0.15) is 0 Å². The Labute approximate surface area is 154 Å². The fraction of sp³-hybridized carbons (Fsp3) is 0.304. The molecule has 2 aromatic carbocycles. The third-order valence-corrected chi connectivity index (χ3v) is 5.84. The van der Waals surface area contributed by atoms with Crippen LogP contribution in [0.4, 0.5) is 0 Å². The van der Waals surface area contributed by atoms with Crippen molar-refractivity contribution in [3.63, 3.8) is 0 Å². The minimum Gasteiger partial charge on any atom is -0.365 e. The zero-order valence-electron chi connectivity index (χ0n) is 15.3. The molecule has 0 saturated carbocycles. The number of nitrogens with one attached hydrogen (secondary N) is 1. The van der Waals surface area contributed by atoms with Gasteiger partial charge < -0.3 is 9.72 Å². The van der Waals surface area contributed by atoms with E-state index in [4.69, 9.17) is 4.74 Å². The molecule has 0 fully saturated rings. The van der Waals surface area contributed by atoms with Crippen LogP contribution in [-0.4, -0.2) is 35.1 Å². The molecule has 2 atom stereocenters. The van der Waals surface area contributed by atoms with Crippen LogP contribution in [0.2, 0.25) is 0 Å². The van der Waals surface area contributed by atoms with Gasteiger partial charge in [-0.1, -0.05) is 42.5 Å². The van der Waals surface area contributed by atoms with Crippen LogP contribution in [0.1, 0.15) is 23.6 Å². The first kappa shape index (κ1) is 15.9. The second kappa shape index (κ2) is 5.83. The molecular weight excluding hydrogens is 320 g/mol. The molecule has 0 spiro atoms. The number of nitrogens with zero attached hydrogens (tertiary/aromatic N) is 1. The molecule has 1 N–H and O–H groups in total. The summed E-state index contributed by atoms with van der Waals surface area (Å²) in [6.07, 6.45) is 5.62. The van der Waals surface area contributed by atoms with Crippen LogP contribution in [-0.2, 0) is 17.8 Å². The van der Waals surface area contributed by atoms with Gasteiger partial charge in [0.05, 0.1) is 12.2 Å². The predicted molar refractivity (Wildman–Crippen MR) is 106 cm³/mol. The van der Waals surface area contributed by atoms with Gasteiger partial charge in [-0.3, -0.25) is 4.90 Å². The normalized spacial score (nSPS) is 25.2. The van der Waals surface area contributed by atoms with Crippen LogP contribution < -0.4 is 0 Å². The Hall–Kier alpha value is -2.36. The molecule has 1 aliphatic carbocycles. The number of hydrogen-bond acceptors (Lipinski definition) is 2. The minimum absolute atomic E-state index is 0.285. The number of fused-ring (bicyclic) bond motifs is 2. The summed E-state index contributed by atoms with van der Waals surface area (Å²) in [7, 11) is 2.22. The summed E-state index contributed by atoms with van der Waals surface area (Å²) in [4.78, 5) is 5.89. The molecule has 3 nitrogen and oxygen atoms in total. The van der Waals surface area contributed by atoms with Crippen LogP contribution in [0, 0.1) is 0 Å². The fourth-order valence-electron chi connectivity index (χ4n) is 4.61. The Kier molecular flexibility index (Phi) is 3.56. The molecule has 0 radical (unpaired) electrons. The molecule has 1 aromatic heterocycles. The number of rotatable bonds is 3. The first-order valence-electron chi connectivity index (χ1n) is 9.33. The van der Waals surface area contributed by atoms with Gasteiger partial charge in [0.15, 0.2) is 0 Å². The number of ether oxygens (including phenoxy) is 1. The molecular formula is C23H24N2O. The third-order valence-electron chi connectivity index (χ3n) is 5.84. The Balaban J connectivity index is 1.53. The molecule has 0 bridgehead atoms. The summed E-state index contributed by atoms with van der Waals surface area (Å²) >= 11 is 0. The zero-order chi connectivity index (χ0) is 17.7. The Morgan fingerprint density at radius 1 is 1.15 bits per heavy atom. The van der Waals surface area contributed by atoms with Gasteiger partial charge in [-0.2, -0.15) is 0 Å². The average Bonchev–Trinajstić information content (AvgIpc) is 3.07. The van der Waals surface area contributed by atoms with E-state index in [1.54, 1.807) is 0 Å². The largest absolute Gasteiger partial charge is 0.365 e. The Bertz CT molecular complexity index is 988. The maximum atomic E-state index is 6.42. The topological polar surface area (TPSA) is 28.3 Å². The molecule has 5 rings (SSSR count). The van der Waals surface area contributed by atoms with Crippen LogP contribution in [0.25, 0.3) is 16.5 Å². The number of aromatic nitrogens is 1. The van der Waals surface area contributed by atoms with Crippen LogP contribution in [0.5, 0.6) is 0 Å². The van der Waals surface area contributed by atoms with E-state index in [0.717, 1.165) is 13.0 Å². The van der Waals surface area contributed by atoms with Crippen molar-refractivity contribution in [1.82, 2.24) is 9.88 Å². The van der Waals surface area contributed by atoms with Crippen molar-refractivity contribution in [2.24, 2.45) is 0 Å². The van der Waals surface area contributed by atoms with Crippen LogP contribution in [0.3, 0.4) is 0 Å². The van der Waals surface area contributed by atoms with Crippen molar-refractivity contribution in [2.45, 2.75) is 31.6 Å². The first-order chi connectivity index (χ1) is 12.6. The van der Waals surface area contributed by atoms with Gasteiger partial charge in [0, 0.05) is 29.7 Å². The molecule has 2 heterocycles. The van der Waals surface area contributed by atoms with E-state index in [1.807, 2.05) is 6.07 Å². The number of aromatic amines is 1. The lowest BCUT2D eigenvalue weighted by Crippen LogP contribution is -2.50. The second-order valence-electron chi connectivity index (χ2n) is 7.86. The van der Waals surface area contributed by atoms with E-state index in [-0.39, 0.29) is 5.60 Å². The number of H-pyrrole nitrogens is 1. The zero-order valence-corrected chi connectivity index (χ0v) is 15.3. The molecule has 26 heavy (non-hydrogen) atoms. The van der Waals surface area contributed by atoms with Crippen molar-refractivity contribution in [3.8, 4) is 0 Å². The van der Waals surface area contributed by atoms with Crippen molar-refractivity contribution >= 4 is 16.5 Å². The van der Waals surface area contributed by atoms with Gasteiger partial charge in [0.2, 0.25) is 0 Å². The second-order valence-corrected chi connectivity index (χ2v) is 7.86. The summed E-state index contributed by atoms with van der Waals surface area (Å²) < 4.78 is 6.42. The van der Waals surface area contributed by atoms with Gasteiger partial charge in [0.25, 0.3) is 0 Å². The highest BCUT2D eigenvalue weighted by Crippen LogP contribution is 2.42. The maximum absolute atomic E-state index is 6.42. The van der Waals surface area contributed by atoms with E-state index < -0.39 is 0 Å². The lowest BCUT2D eigenvalue weighted by Gasteiger charge is -2.44. The molecule has 3 heteroatoms. The predicted octanol–water partition coefficient (Wildman–Crippen LogP) is 4.40. The van der Waals surface area contributed by atoms with Crippen LogP contribution >= 0.6 is 0 Å². The van der Waals surface area contributed by atoms with Crippen molar-refractivity contribution in [2.75, 3.05) is 13.6 Å². The van der Waals surface area contributed by atoms with E-state index in [2.05, 4.69) is 78.6 Å². The molecule has 3 aromatic rings. The Morgan fingerprint density at radius 2 is 2.00 bits per heavy atom. The highest BCUT2D eigenvalue weighted by atomic mass is 16.5. The quantitative estimate of drug-likeness (QED) is 0.763. The maximum Gasteiger partial charge on any atom is 0.0971 e. The van der Waals surface area contributed by atoms with Crippen molar-refractivity contribution < 1.29 is 4.74 Å². The fourth-order valence-corrected chi connectivity index (χ4v) is 4.61. The lowest BCUT2D eigenvalue weighted by molar-refractivity contribution is -0.0342. The van der Waals surface area contributed by atoms with Crippen molar-refractivity contribution in [3.05, 3.63) is 77.5 Å². The van der Waals surface area contributed by atoms with Gasteiger partial charge in [-0.25, -0.2) is 0 Å². The lowest BCUT2D eigenvalue weighted by atomic mass is 9.79. The monoisotopic (exact) mass is 344 g/mol. The molecule has 0 saturated heterocycles. The van der Waals surface area contributed by atoms with E-state index >= 15 is 0 Å². The standard InChI is InChI=1S/C23H24N2O/c1-23(26-14-16-7-4-3-5-8-16)12-19-18-9-6-10-20-22(18)17(13-24-20)11-21(19)25(2)15-23/h3-10,12-13,21,24H,11,14-15H2,1-2H3/t21-,23+/m0/s1. The van der Waals surface area contributed by atoms with Crippen LogP contribution in [0.15, 0.2) is 60.8 Å². The third kappa shape index (κ3) is 2.51. The van der Waals surface area contributed by atoms with Gasteiger partial charge in [-0.05, 0) is 54.8 Å². The summed E-state index contributed by atoms with van der Waals surface area (Å²) in [6, 6.07) is 17.4. The average molecular weight is 344 g/mol. The van der Waals surface area contributed by atoms with E-state index in [0.29, 0.717) is 12.6 Å². The van der Waals surface area contributed by atoms with E-state index in [1.165, 1.54) is 33.2 Å². The summed E-state index contributed by atoms with van der Waals surface area (Å²) in [6.45, 7) is 3.76. The highest BCUT2D eigenvalue weighted by molar-refractivity contribution is 5.98. The van der Waals surface area contributed by atoms with Gasteiger partial charge >= 0.3 is 0 Å². The smallest absolute Gasteiger partial charge is 0.0971 e. The minimum atomic E-state index is -0.285. The Morgan fingerprint density at radius 3 is 2.85 bits per heavy atom. The summed E-state index contributed by atoms with van der Waals surface area (Å²) in [5.41, 5.74) is 6.36. The molecule has 0 unspecified atom stereocenters. The van der Waals surface area contributed by atoms with Gasteiger partial charge in [-0.15, -0.1) is 0 Å². The van der Waals surface area contributed by atoms with Crippen molar-refractivity contribution in [1.29, 1.82) is 0 Å². The summed E-state index contributed by atoms with van der Waals surface area (Å²) in [5.74, 6) is 0. The molecule has 0 amide bonds. The SMILES string of the molecule is CN1C[C@](C)(OCc2ccccc2)C=C2c3cccc4[nH]cc(c34)C[C@@H]21. The number of benzene rings is 2. The molecule has 132 valence electrons. The van der Waals surface area contributed by atoms with E-state index in [9.17, 15) is 0 Å². The number of likely N-dealkylation sites (N-methyl/N-ethyl adjacent to an activating group) is 1. The number of hydrogen-bond donors (Lipinski definition) is 1.